The highest BCUT2D eigenvalue weighted by Gasteiger charge is 2.37. The van der Waals surface area contributed by atoms with Gasteiger partial charge < -0.3 is 24.3 Å². The van der Waals surface area contributed by atoms with Gasteiger partial charge in [-0.1, -0.05) is 6.07 Å². The Bertz CT molecular complexity index is 1240. The predicted octanol–water partition coefficient (Wildman–Crippen LogP) is 1.61. The third-order valence-corrected chi connectivity index (χ3v) is 6.03. The Labute approximate surface area is 190 Å². The van der Waals surface area contributed by atoms with Crippen molar-refractivity contribution >= 4 is 23.4 Å². The van der Waals surface area contributed by atoms with Crippen molar-refractivity contribution in [2.24, 2.45) is 0 Å². The number of fused-ring (bicyclic) bond motifs is 3. The lowest BCUT2D eigenvalue weighted by atomic mass is 10.1. The highest BCUT2D eigenvalue weighted by molar-refractivity contribution is 6.10. The van der Waals surface area contributed by atoms with Crippen LogP contribution in [-0.4, -0.2) is 65.6 Å². The van der Waals surface area contributed by atoms with Crippen LogP contribution in [0.15, 0.2) is 39.7 Å². The zero-order valence-electron chi connectivity index (χ0n) is 18.5. The van der Waals surface area contributed by atoms with Crippen molar-refractivity contribution in [3.05, 3.63) is 46.6 Å². The van der Waals surface area contributed by atoms with Gasteiger partial charge in [-0.2, -0.15) is 9.67 Å². The average Bonchev–Trinajstić information content (AvgIpc) is 3.44. The molecule has 11 nitrogen and oxygen atoms in total. The topological polar surface area (TPSA) is 119 Å². The van der Waals surface area contributed by atoms with Crippen molar-refractivity contribution in [1.29, 1.82) is 0 Å². The number of hydrogen-bond donors (Lipinski definition) is 1. The van der Waals surface area contributed by atoms with Crippen LogP contribution < -0.4 is 20.9 Å². The van der Waals surface area contributed by atoms with Crippen molar-refractivity contribution in [3.63, 3.8) is 0 Å². The minimum absolute atomic E-state index is 0.157. The van der Waals surface area contributed by atoms with Gasteiger partial charge in [0, 0.05) is 50.7 Å². The summed E-state index contributed by atoms with van der Waals surface area (Å²) in [5, 5.41) is 7.22. The first kappa shape index (κ1) is 21.1. The third-order valence-electron chi connectivity index (χ3n) is 6.03. The van der Waals surface area contributed by atoms with Gasteiger partial charge in [0.2, 0.25) is 11.8 Å². The summed E-state index contributed by atoms with van der Waals surface area (Å²) in [4.78, 5) is 38.5. The summed E-state index contributed by atoms with van der Waals surface area (Å²) in [6.07, 6.45) is 3.60. The maximum absolute atomic E-state index is 13.6. The maximum Gasteiger partial charge on any atom is 0.437 e. The molecule has 1 unspecified atom stereocenters. The van der Waals surface area contributed by atoms with E-state index in [2.05, 4.69) is 25.3 Å². The zero-order valence-corrected chi connectivity index (χ0v) is 18.5. The standard InChI is InChI=1S/C22H25N7O4/c1-23-21-24-12-17-18(25-21)27-8-4-7-16(27)13-28(20(17)30)15-6-3-5-14(11-15)19-26-29(9-10-32-2)22(31)33-19/h3,5-6,11-12,16H,4,7-10,13H2,1-2H3,(H,23,24,25). The maximum atomic E-state index is 13.6. The van der Waals surface area contributed by atoms with Crippen LogP contribution in [0, 0.1) is 0 Å². The van der Waals surface area contributed by atoms with E-state index in [1.165, 1.54) is 4.68 Å². The Hall–Kier alpha value is -3.73. The number of aromatic nitrogens is 4. The van der Waals surface area contributed by atoms with E-state index in [-0.39, 0.29) is 17.8 Å². The second-order valence-corrected chi connectivity index (χ2v) is 8.03. The summed E-state index contributed by atoms with van der Waals surface area (Å²) in [5.41, 5.74) is 1.78. The number of hydrogen-bond acceptors (Lipinski definition) is 9. The number of benzene rings is 1. The molecule has 2 aliphatic heterocycles. The van der Waals surface area contributed by atoms with Crippen LogP contribution in [0.3, 0.4) is 0 Å². The van der Waals surface area contributed by atoms with Crippen molar-refractivity contribution in [2.45, 2.75) is 25.4 Å². The van der Waals surface area contributed by atoms with Gasteiger partial charge in [0.15, 0.2) is 0 Å². The first-order chi connectivity index (χ1) is 16.1. The number of nitrogens with zero attached hydrogens (tertiary/aromatic N) is 6. The van der Waals surface area contributed by atoms with E-state index in [9.17, 15) is 9.59 Å². The summed E-state index contributed by atoms with van der Waals surface area (Å²) >= 11 is 0. The zero-order chi connectivity index (χ0) is 22.9. The molecule has 33 heavy (non-hydrogen) atoms. The van der Waals surface area contributed by atoms with Gasteiger partial charge >= 0.3 is 5.76 Å². The van der Waals surface area contributed by atoms with E-state index >= 15 is 0 Å². The van der Waals surface area contributed by atoms with E-state index in [1.54, 1.807) is 31.3 Å². The number of anilines is 3. The molecule has 2 aliphatic rings. The Morgan fingerprint density at radius 2 is 2.18 bits per heavy atom. The lowest BCUT2D eigenvalue weighted by Gasteiger charge is -2.27. The summed E-state index contributed by atoms with van der Waals surface area (Å²) in [5.74, 6) is 0.646. The quantitative estimate of drug-likeness (QED) is 0.596. The van der Waals surface area contributed by atoms with Gasteiger partial charge in [0.1, 0.15) is 11.4 Å². The van der Waals surface area contributed by atoms with Gasteiger partial charge in [-0.3, -0.25) is 4.79 Å². The number of ether oxygens (including phenoxy) is 1. The van der Waals surface area contributed by atoms with Crippen LogP contribution in [0.2, 0.25) is 0 Å². The molecule has 11 heteroatoms. The van der Waals surface area contributed by atoms with Gasteiger partial charge in [0.05, 0.1) is 13.2 Å². The smallest absolute Gasteiger partial charge is 0.388 e. The first-order valence-electron chi connectivity index (χ1n) is 10.9. The van der Waals surface area contributed by atoms with Gasteiger partial charge in [0.25, 0.3) is 5.91 Å². The van der Waals surface area contributed by atoms with E-state index in [1.807, 2.05) is 18.2 Å². The van der Waals surface area contributed by atoms with Crippen molar-refractivity contribution in [3.8, 4) is 11.5 Å². The predicted molar refractivity (Wildman–Crippen MR) is 122 cm³/mol. The van der Waals surface area contributed by atoms with Crippen LogP contribution in [-0.2, 0) is 11.3 Å². The molecule has 1 N–H and O–H groups in total. The lowest BCUT2D eigenvalue weighted by Crippen LogP contribution is -2.39. The molecule has 5 rings (SSSR count). The molecule has 1 saturated heterocycles. The molecule has 1 fully saturated rings. The molecular weight excluding hydrogens is 426 g/mol. The number of amides is 1. The van der Waals surface area contributed by atoms with E-state index in [0.717, 1.165) is 19.4 Å². The van der Waals surface area contributed by atoms with Crippen LogP contribution >= 0.6 is 0 Å². The Morgan fingerprint density at radius 1 is 1.30 bits per heavy atom. The molecule has 0 aliphatic carbocycles. The minimum Gasteiger partial charge on any atom is -0.388 e. The molecule has 0 saturated carbocycles. The van der Waals surface area contributed by atoms with Crippen LogP contribution in [0.5, 0.6) is 0 Å². The second-order valence-electron chi connectivity index (χ2n) is 8.03. The molecule has 3 aromatic rings. The fourth-order valence-electron chi connectivity index (χ4n) is 4.38. The lowest BCUT2D eigenvalue weighted by molar-refractivity contribution is 0.0988. The highest BCUT2D eigenvalue weighted by Crippen LogP contribution is 2.34. The Morgan fingerprint density at radius 3 is 3.00 bits per heavy atom. The molecule has 172 valence electrons. The first-order valence-corrected chi connectivity index (χ1v) is 10.9. The highest BCUT2D eigenvalue weighted by atomic mass is 16.5. The van der Waals surface area contributed by atoms with Crippen LogP contribution in [0.25, 0.3) is 11.5 Å². The molecule has 1 aromatic carbocycles. The van der Waals surface area contributed by atoms with Gasteiger partial charge in [-0.05, 0) is 31.0 Å². The summed E-state index contributed by atoms with van der Waals surface area (Å²) < 4.78 is 11.6. The monoisotopic (exact) mass is 451 g/mol. The molecule has 0 radical (unpaired) electrons. The fraction of sp³-hybridized carbons (Fsp3) is 0.409. The Kier molecular flexibility index (Phi) is 5.55. The number of nitrogens with one attached hydrogen (secondary N) is 1. The van der Waals surface area contributed by atoms with Gasteiger partial charge in [-0.25, -0.2) is 9.78 Å². The van der Waals surface area contributed by atoms with E-state index < -0.39 is 5.76 Å². The number of carbonyl (C=O) groups excluding carboxylic acids is 1. The molecule has 0 bridgehead atoms. The summed E-state index contributed by atoms with van der Waals surface area (Å²) in [6, 6.07) is 7.47. The molecule has 0 spiro atoms. The summed E-state index contributed by atoms with van der Waals surface area (Å²) in [6.45, 7) is 2.03. The fourth-order valence-corrected chi connectivity index (χ4v) is 4.38. The SMILES string of the molecule is CNc1ncc2c(n1)N1CCCC1CN(c1cccc(-c3nn(CCOC)c(=O)o3)c1)C2=O. The number of rotatable bonds is 6. The minimum atomic E-state index is -0.550. The molecule has 4 heterocycles. The van der Waals surface area contributed by atoms with E-state index in [0.29, 0.717) is 48.3 Å². The summed E-state index contributed by atoms with van der Waals surface area (Å²) in [7, 11) is 3.32. The third kappa shape index (κ3) is 3.84. The van der Waals surface area contributed by atoms with Gasteiger partial charge in [-0.15, -0.1) is 5.10 Å². The average molecular weight is 451 g/mol. The number of methoxy groups -OCH3 is 1. The van der Waals surface area contributed by atoms with Crippen LogP contribution in [0.4, 0.5) is 17.5 Å². The largest absolute Gasteiger partial charge is 0.437 e. The molecule has 1 amide bonds. The molecule has 1 atom stereocenters. The molecule has 2 aromatic heterocycles. The second kappa shape index (κ2) is 8.66. The Balaban J connectivity index is 1.52. The van der Waals surface area contributed by atoms with Crippen molar-refractivity contribution in [2.75, 3.05) is 49.0 Å². The van der Waals surface area contributed by atoms with E-state index in [4.69, 9.17) is 9.15 Å². The normalized spacial score (nSPS) is 17.6. The van der Waals surface area contributed by atoms with Crippen molar-refractivity contribution in [1.82, 2.24) is 19.7 Å². The van der Waals surface area contributed by atoms with Crippen molar-refractivity contribution < 1.29 is 13.9 Å². The molecular formula is C22H25N7O4. The number of carbonyl (C=O) groups is 1. The van der Waals surface area contributed by atoms with Crippen LogP contribution in [0.1, 0.15) is 23.2 Å².